The van der Waals surface area contributed by atoms with Crippen LogP contribution in [0.15, 0.2) is 58.5 Å². The number of ether oxygens (including phenoxy) is 2. The van der Waals surface area contributed by atoms with Gasteiger partial charge in [0.1, 0.15) is 5.75 Å². The molecule has 3 rings (SSSR count). The molecule has 0 fully saturated rings. The first kappa shape index (κ1) is 21.9. The van der Waals surface area contributed by atoms with Gasteiger partial charge in [0.25, 0.3) is 5.56 Å². The SMILES string of the molecule is COCC(C)n1c(SC(C)C(=O)Nc2cccc(OC)c2)nc2ccccc2c1=O. The Morgan fingerprint density at radius 2 is 1.93 bits per heavy atom. The summed E-state index contributed by atoms with van der Waals surface area (Å²) in [5, 5.41) is 3.42. The maximum atomic E-state index is 13.1. The fraction of sp³-hybridized carbons (Fsp3) is 0.318. The van der Waals surface area contributed by atoms with E-state index in [9.17, 15) is 9.59 Å². The average molecular weight is 428 g/mol. The Bertz CT molecular complexity index is 1100. The Morgan fingerprint density at radius 1 is 1.17 bits per heavy atom. The van der Waals surface area contributed by atoms with E-state index in [1.54, 1.807) is 56.0 Å². The molecule has 2 unspecified atom stereocenters. The number of benzene rings is 2. The molecule has 3 aromatic rings. The standard InChI is InChI=1S/C22H25N3O4S/c1-14(13-28-3)25-21(27)18-10-5-6-11-19(18)24-22(25)30-15(2)20(26)23-16-8-7-9-17(12-16)29-4/h5-12,14-15H,13H2,1-4H3,(H,23,26). The minimum atomic E-state index is -0.481. The van der Waals surface area contributed by atoms with Crippen molar-refractivity contribution >= 4 is 34.3 Å². The van der Waals surface area contributed by atoms with Crippen LogP contribution in [0.2, 0.25) is 0 Å². The maximum absolute atomic E-state index is 13.1. The first-order chi connectivity index (χ1) is 14.4. The molecule has 30 heavy (non-hydrogen) atoms. The Labute approximate surface area is 179 Å². The van der Waals surface area contributed by atoms with Gasteiger partial charge in [-0.1, -0.05) is 30.0 Å². The molecule has 2 aromatic carbocycles. The summed E-state index contributed by atoms with van der Waals surface area (Å²) in [6, 6.07) is 14.1. The first-order valence-electron chi connectivity index (χ1n) is 9.56. The third-order valence-corrected chi connectivity index (χ3v) is 5.68. The van der Waals surface area contributed by atoms with E-state index in [4.69, 9.17) is 9.47 Å². The van der Waals surface area contributed by atoms with Crippen molar-refractivity contribution in [3.05, 3.63) is 58.9 Å². The lowest BCUT2D eigenvalue weighted by atomic mass is 10.2. The normalized spacial score (nSPS) is 13.1. The zero-order valence-electron chi connectivity index (χ0n) is 17.4. The van der Waals surface area contributed by atoms with Gasteiger partial charge in [0.05, 0.1) is 35.9 Å². The Balaban J connectivity index is 1.90. The summed E-state index contributed by atoms with van der Waals surface area (Å²) in [4.78, 5) is 30.5. The van der Waals surface area contributed by atoms with E-state index in [0.717, 1.165) is 0 Å². The van der Waals surface area contributed by atoms with E-state index in [-0.39, 0.29) is 17.5 Å². The summed E-state index contributed by atoms with van der Waals surface area (Å²) in [6.07, 6.45) is 0. The quantitative estimate of drug-likeness (QED) is 0.436. The molecular weight excluding hydrogens is 402 g/mol. The molecule has 0 saturated carbocycles. The lowest BCUT2D eigenvalue weighted by Crippen LogP contribution is -2.30. The van der Waals surface area contributed by atoms with Crippen molar-refractivity contribution < 1.29 is 14.3 Å². The lowest BCUT2D eigenvalue weighted by Gasteiger charge is -2.20. The van der Waals surface area contributed by atoms with Crippen molar-refractivity contribution in [3.8, 4) is 5.75 Å². The van der Waals surface area contributed by atoms with Gasteiger partial charge in [-0.25, -0.2) is 4.98 Å². The Kier molecular flexibility index (Phi) is 7.12. The van der Waals surface area contributed by atoms with Crippen LogP contribution < -0.4 is 15.6 Å². The summed E-state index contributed by atoms with van der Waals surface area (Å²) >= 11 is 1.24. The highest BCUT2D eigenvalue weighted by Crippen LogP contribution is 2.26. The highest BCUT2D eigenvalue weighted by atomic mass is 32.2. The topological polar surface area (TPSA) is 82.4 Å². The van der Waals surface area contributed by atoms with Crippen molar-refractivity contribution in [1.82, 2.24) is 9.55 Å². The van der Waals surface area contributed by atoms with Gasteiger partial charge in [-0.15, -0.1) is 0 Å². The number of methoxy groups -OCH3 is 2. The van der Waals surface area contributed by atoms with Gasteiger partial charge in [0.2, 0.25) is 5.91 Å². The molecule has 0 aliphatic heterocycles. The molecule has 0 aliphatic rings. The number of nitrogens with zero attached hydrogens (tertiary/aromatic N) is 2. The predicted octanol–water partition coefficient (Wildman–Crippen LogP) is 3.73. The highest BCUT2D eigenvalue weighted by molar-refractivity contribution is 8.00. The molecule has 1 N–H and O–H groups in total. The van der Waals surface area contributed by atoms with Crippen LogP contribution in [-0.2, 0) is 9.53 Å². The summed E-state index contributed by atoms with van der Waals surface area (Å²) in [7, 11) is 3.16. The number of rotatable bonds is 8. The van der Waals surface area contributed by atoms with E-state index in [2.05, 4.69) is 10.3 Å². The maximum Gasteiger partial charge on any atom is 0.262 e. The number of fused-ring (bicyclic) bond motifs is 1. The van der Waals surface area contributed by atoms with E-state index in [1.165, 1.54) is 11.8 Å². The number of nitrogens with one attached hydrogen (secondary N) is 1. The van der Waals surface area contributed by atoms with E-state index in [1.807, 2.05) is 25.1 Å². The molecule has 0 aliphatic carbocycles. The summed E-state index contributed by atoms with van der Waals surface area (Å²) in [5.41, 5.74) is 1.10. The molecule has 1 amide bonds. The lowest BCUT2D eigenvalue weighted by molar-refractivity contribution is -0.115. The van der Waals surface area contributed by atoms with E-state index < -0.39 is 5.25 Å². The largest absolute Gasteiger partial charge is 0.497 e. The van der Waals surface area contributed by atoms with Crippen LogP contribution in [-0.4, -0.2) is 41.5 Å². The summed E-state index contributed by atoms with van der Waals surface area (Å²) < 4.78 is 12.0. The van der Waals surface area contributed by atoms with Crippen LogP contribution in [0.1, 0.15) is 19.9 Å². The summed E-state index contributed by atoms with van der Waals surface area (Å²) in [6.45, 7) is 4.04. The van der Waals surface area contributed by atoms with Gasteiger partial charge >= 0.3 is 0 Å². The van der Waals surface area contributed by atoms with E-state index in [0.29, 0.717) is 34.1 Å². The molecule has 0 saturated heterocycles. The fourth-order valence-electron chi connectivity index (χ4n) is 3.07. The molecule has 1 heterocycles. The van der Waals surface area contributed by atoms with Gasteiger partial charge < -0.3 is 14.8 Å². The third kappa shape index (κ3) is 4.83. The van der Waals surface area contributed by atoms with Gasteiger partial charge in [-0.05, 0) is 38.1 Å². The minimum absolute atomic E-state index is 0.145. The average Bonchev–Trinajstić information content (AvgIpc) is 2.74. The molecule has 0 bridgehead atoms. The van der Waals surface area contributed by atoms with Gasteiger partial charge in [0, 0.05) is 18.9 Å². The molecule has 8 heteroatoms. The molecule has 7 nitrogen and oxygen atoms in total. The van der Waals surface area contributed by atoms with Crippen LogP contribution in [0.25, 0.3) is 10.9 Å². The monoisotopic (exact) mass is 427 g/mol. The van der Waals surface area contributed by atoms with Crippen LogP contribution in [0.3, 0.4) is 0 Å². The highest BCUT2D eigenvalue weighted by Gasteiger charge is 2.22. The van der Waals surface area contributed by atoms with E-state index >= 15 is 0 Å². The predicted molar refractivity (Wildman–Crippen MR) is 120 cm³/mol. The number of carbonyl (C=O) groups is 1. The minimum Gasteiger partial charge on any atom is -0.497 e. The zero-order valence-corrected chi connectivity index (χ0v) is 18.2. The summed E-state index contributed by atoms with van der Waals surface area (Å²) in [5.74, 6) is 0.466. The molecule has 1 aromatic heterocycles. The van der Waals surface area contributed by atoms with Crippen LogP contribution in [0.5, 0.6) is 5.75 Å². The molecular formula is C22H25N3O4S. The Hall–Kier alpha value is -2.84. The first-order valence-corrected chi connectivity index (χ1v) is 10.4. The number of thioether (sulfide) groups is 1. The van der Waals surface area contributed by atoms with Crippen LogP contribution >= 0.6 is 11.8 Å². The van der Waals surface area contributed by atoms with Crippen molar-refractivity contribution in [2.75, 3.05) is 26.1 Å². The number of anilines is 1. The van der Waals surface area contributed by atoms with Crippen molar-refractivity contribution in [1.29, 1.82) is 0 Å². The second-order valence-corrected chi connectivity index (χ2v) is 8.18. The smallest absolute Gasteiger partial charge is 0.262 e. The number of carbonyl (C=O) groups excluding carboxylic acids is 1. The molecule has 0 spiro atoms. The number of para-hydroxylation sites is 1. The molecule has 2 atom stereocenters. The van der Waals surface area contributed by atoms with Gasteiger partial charge in [-0.3, -0.25) is 14.2 Å². The fourth-order valence-corrected chi connectivity index (χ4v) is 4.08. The second-order valence-electron chi connectivity index (χ2n) is 6.87. The number of amides is 1. The van der Waals surface area contributed by atoms with Gasteiger partial charge in [-0.2, -0.15) is 0 Å². The number of hydrogen-bond donors (Lipinski definition) is 1. The van der Waals surface area contributed by atoms with Crippen molar-refractivity contribution in [2.24, 2.45) is 0 Å². The van der Waals surface area contributed by atoms with Crippen molar-refractivity contribution in [2.45, 2.75) is 30.3 Å². The van der Waals surface area contributed by atoms with Crippen LogP contribution in [0.4, 0.5) is 5.69 Å². The number of aromatic nitrogens is 2. The molecule has 158 valence electrons. The van der Waals surface area contributed by atoms with Crippen LogP contribution in [0, 0.1) is 0 Å². The third-order valence-electron chi connectivity index (χ3n) is 4.61. The van der Waals surface area contributed by atoms with Gasteiger partial charge in [0.15, 0.2) is 5.16 Å². The zero-order chi connectivity index (χ0) is 21.7. The second kappa shape index (κ2) is 9.77. The molecule has 0 radical (unpaired) electrons. The Morgan fingerprint density at radius 3 is 2.67 bits per heavy atom. The number of hydrogen-bond acceptors (Lipinski definition) is 6. The van der Waals surface area contributed by atoms with Crippen molar-refractivity contribution in [3.63, 3.8) is 0 Å².